The van der Waals surface area contributed by atoms with Crippen LogP contribution in [0.1, 0.15) is 32.1 Å². The molecule has 0 amide bonds. The van der Waals surface area contributed by atoms with E-state index in [2.05, 4.69) is 25.8 Å². The molecule has 0 aromatic rings. The van der Waals surface area contributed by atoms with Crippen LogP contribution in [0, 0.1) is 5.41 Å². The lowest BCUT2D eigenvalue weighted by Crippen LogP contribution is -2.31. The molecule has 0 aromatic carbocycles. The molecule has 1 spiro atoms. The lowest BCUT2D eigenvalue weighted by Gasteiger charge is -2.35. The van der Waals surface area contributed by atoms with Crippen molar-refractivity contribution in [2.24, 2.45) is 16.1 Å². The normalized spacial score (nSPS) is 38.9. The Hall–Kier alpha value is -0.390. The molecule has 3 N–H and O–H groups in total. The van der Waals surface area contributed by atoms with Crippen LogP contribution in [-0.4, -0.2) is 42.1 Å². The molecule has 102 valence electrons. The van der Waals surface area contributed by atoms with E-state index in [-0.39, 0.29) is 6.23 Å². The molecule has 5 heteroatoms. The van der Waals surface area contributed by atoms with Crippen molar-refractivity contribution in [2.75, 3.05) is 13.6 Å². The van der Waals surface area contributed by atoms with Crippen LogP contribution in [0.4, 0.5) is 0 Å². The molecule has 2 rings (SSSR count). The number of aliphatic hydroxyl groups is 1. The van der Waals surface area contributed by atoms with Crippen molar-refractivity contribution >= 4 is 22.1 Å². The van der Waals surface area contributed by atoms with E-state index in [9.17, 15) is 5.11 Å². The van der Waals surface area contributed by atoms with Gasteiger partial charge >= 0.3 is 0 Å². The van der Waals surface area contributed by atoms with Gasteiger partial charge in [-0.3, -0.25) is 9.89 Å². The molecule has 1 heterocycles. The highest BCUT2D eigenvalue weighted by Crippen LogP contribution is 2.45. The van der Waals surface area contributed by atoms with Crippen molar-refractivity contribution < 1.29 is 5.11 Å². The number of hydrogen-bond donors (Lipinski definition) is 2. The first-order chi connectivity index (χ1) is 8.54. The van der Waals surface area contributed by atoms with Crippen LogP contribution in [0.2, 0.25) is 0 Å². The van der Waals surface area contributed by atoms with Gasteiger partial charge < -0.3 is 10.8 Å². The van der Waals surface area contributed by atoms with Gasteiger partial charge in [0.1, 0.15) is 6.23 Å². The largest absolute Gasteiger partial charge is 0.404 e. The lowest BCUT2D eigenvalue weighted by atomic mass is 9.72. The van der Waals surface area contributed by atoms with Gasteiger partial charge in [0.05, 0.1) is 10.5 Å². The number of nitrogens with two attached hydrogens (primary N) is 1. The van der Waals surface area contributed by atoms with Crippen LogP contribution in [-0.2, 0) is 0 Å². The van der Waals surface area contributed by atoms with Gasteiger partial charge in [0.25, 0.3) is 0 Å². The molecule has 1 saturated carbocycles. The van der Waals surface area contributed by atoms with E-state index in [1.165, 1.54) is 19.0 Å². The molecule has 4 nitrogen and oxygen atoms in total. The predicted octanol–water partition coefficient (Wildman–Crippen LogP) is 1.84. The number of halogens is 1. The topological polar surface area (TPSA) is 61.8 Å². The Bertz CT molecular complexity index is 336. The van der Waals surface area contributed by atoms with E-state index >= 15 is 0 Å². The van der Waals surface area contributed by atoms with E-state index in [0.29, 0.717) is 11.5 Å². The Morgan fingerprint density at radius 3 is 2.67 bits per heavy atom. The van der Waals surface area contributed by atoms with E-state index in [1.54, 1.807) is 6.21 Å². The van der Waals surface area contributed by atoms with E-state index in [4.69, 9.17) is 5.73 Å². The van der Waals surface area contributed by atoms with Gasteiger partial charge in [0.2, 0.25) is 0 Å². The number of aliphatic hydroxyl groups excluding tert-OH is 1. The summed E-state index contributed by atoms with van der Waals surface area (Å²) in [6.45, 7) is 1.02. The second kappa shape index (κ2) is 5.72. The zero-order valence-corrected chi connectivity index (χ0v) is 12.4. The number of allylic oxidation sites excluding steroid dienone is 1. The quantitative estimate of drug-likeness (QED) is 0.764. The minimum Gasteiger partial charge on any atom is -0.404 e. The number of rotatable bonds is 2. The third-order valence-corrected chi connectivity index (χ3v) is 4.76. The monoisotopic (exact) mass is 315 g/mol. The molecule has 1 saturated heterocycles. The number of nitrogens with zero attached hydrogens (tertiary/aromatic N) is 2. The molecule has 1 aliphatic heterocycles. The minimum absolute atomic E-state index is 0.251. The zero-order chi connectivity index (χ0) is 13.2. The Morgan fingerprint density at radius 1 is 1.50 bits per heavy atom. The second-order valence-corrected chi connectivity index (χ2v) is 6.58. The molecule has 0 radical (unpaired) electrons. The molecule has 0 bridgehead atoms. The van der Waals surface area contributed by atoms with Crippen molar-refractivity contribution in [3.05, 3.63) is 10.7 Å². The Balaban J connectivity index is 1.87. The summed E-state index contributed by atoms with van der Waals surface area (Å²) in [6, 6.07) is 0.408. The van der Waals surface area contributed by atoms with Crippen molar-refractivity contribution in [2.45, 2.75) is 44.4 Å². The van der Waals surface area contributed by atoms with Crippen molar-refractivity contribution in [3.63, 3.8) is 0 Å². The summed E-state index contributed by atoms with van der Waals surface area (Å²) in [7, 11) is 2.01. The van der Waals surface area contributed by atoms with Gasteiger partial charge in [0, 0.05) is 19.0 Å². The standard InChI is InChI=1S/C13H22BrN3O/c1-17-9-13(6-12(17)18)4-2-11(3-5-13)16-8-10(14)7-15/h7-8,11-12,18H,2-6,9,15H2,1H3. The van der Waals surface area contributed by atoms with Gasteiger partial charge in [0.15, 0.2) is 0 Å². The number of likely N-dealkylation sites (tertiary alicyclic amines) is 1. The van der Waals surface area contributed by atoms with Crippen LogP contribution < -0.4 is 5.73 Å². The summed E-state index contributed by atoms with van der Waals surface area (Å²) < 4.78 is 0.832. The van der Waals surface area contributed by atoms with E-state index in [1.807, 2.05) is 7.05 Å². The summed E-state index contributed by atoms with van der Waals surface area (Å²) in [6.07, 6.45) is 8.55. The summed E-state index contributed by atoms with van der Waals surface area (Å²) in [5.41, 5.74) is 5.71. The maximum absolute atomic E-state index is 9.86. The van der Waals surface area contributed by atoms with E-state index < -0.39 is 0 Å². The summed E-state index contributed by atoms with van der Waals surface area (Å²) in [4.78, 5) is 6.62. The lowest BCUT2D eigenvalue weighted by molar-refractivity contribution is 0.0559. The fourth-order valence-electron chi connectivity index (χ4n) is 3.19. The highest BCUT2D eigenvalue weighted by Gasteiger charge is 2.43. The van der Waals surface area contributed by atoms with Gasteiger partial charge in [-0.2, -0.15) is 0 Å². The highest BCUT2D eigenvalue weighted by molar-refractivity contribution is 9.12. The summed E-state index contributed by atoms with van der Waals surface area (Å²) >= 11 is 3.33. The average Bonchev–Trinajstić information content (AvgIpc) is 2.63. The first-order valence-corrected chi connectivity index (χ1v) is 7.33. The van der Waals surface area contributed by atoms with Gasteiger partial charge in [-0.1, -0.05) is 0 Å². The van der Waals surface area contributed by atoms with Crippen molar-refractivity contribution in [3.8, 4) is 0 Å². The molecule has 2 aliphatic rings. The zero-order valence-electron chi connectivity index (χ0n) is 10.8. The van der Waals surface area contributed by atoms with Crippen LogP contribution in [0.15, 0.2) is 15.7 Å². The van der Waals surface area contributed by atoms with Crippen LogP contribution in [0.3, 0.4) is 0 Å². The number of aliphatic imine (C=N–C) groups is 1. The fourth-order valence-corrected chi connectivity index (χ4v) is 3.31. The third-order valence-electron chi connectivity index (χ3n) is 4.29. The molecule has 1 atom stereocenters. The summed E-state index contributed by atoms with van der Waals surface area (Å²) in [5, 5.41) is 9.86. The molecule has 1 unspecified atom stereocenters. The van der Waals surface area contributed by atoms with Crippen LogP contribution in [0.25, 0.3) is 0 Å². The fraction of sp³-hybridized carbons (Fsp3) is 0.769. The third kappa shape index (κ3) is 3.13. The molecule has 1 aliphatic carbocycles. The Morgan fingerprint density at radius 2 is 2.17 bits per heavy atom. The average molecular weight is 316 g/mol. The molecule has 18 heavy (non-hydrogen) atoms. The Labute approximate surface area is 117 Å². The first kappa shape index (κ1) is 14.0. The molecular weight excluding hydrogens is 294 g/mol. The summed E-state index contributed by atoms with van der Waals surface area (Å²) in [5.74, 6) is 0. The predicted molar refractivity (Wildman–Crippen MR) is 77.6 cm³/mol. The van der Waals surface area contributed by atoms with E-state index in [0.717, 1.165) is 30.3 Å². The maximum atomic E-state index is 9.86. The van der Waals surface area contributed by atoms with Crippen LogP contribution in [0.5, 0.6) is 0 Å². The van der Waals surface area contributed by atoms with Crippen molar-refractivity contribution in [1.29, 1.82) is 0 Å². The SMILES string of the molecule is CN1CC2(CCC(N=CC(Br)=CN)CC2)CC1O. The van der Waals surface area contributed by atoms with Crippen LogP contribution >= 0.6 is 15.9 Å². The number of hydrogen-bond acceptors (Lipinski definition) is 4. The van der Waals surface area contributed by atoms with Gasteiger partial charge in [-0.15, -0.1) is 0 Å². The minimum atomic E-state index is -0.251. The molecule has 2 fully saturated rings. The molecular formula is C13H22BrN3O. The first-order valence-electron chi connectivity index (χ1n) is 6.53. The molecule has 0 aromatic heterocycles. The smallest absolute Gasteiger partial charge is 0.107 e. The second-order valence-electron chi connectivity index (χ2n) is 5.66. The Kier molecular flexibility index (Phi) is 4.45. The van der Waals surface area contributed by atoms with Gasteiger partial charge in [-0.05, 0) is 60.5 Å². The maximum Gasteiger partial charge on any atom is 0.107 e. The van der Waals surface area contributed by atoms with Gasteiger partial charge in [-0.25, -0.2) is 0 Å². The highest BCUT2D eigenvalue weighted by atomic mass is 79.9. The van der Waals surface area contributed by atoms with Crippen molar-refractivity contribution in [1.82, 2.24) is 4.90 Å².